The number of ether oxygens (including phenoxy) is 1. The van der Waals surface area contributed by atoms with Crippen molar-refractivity contribution in [2.75, 3.05) is 6.61 Å². The zero-order chi connectivity index (χ0) is 8.65. The lowest BCUT2D eigenvalue weighted by Gasteiger charge is -2.17. The highest BCUT2D eigenvalue weighted by molar-refractivity contribution is 5.83. The molecule has 0 unspecified atom stereocenters. The van der Waals surface area contributed by atoms with Crippen molar-refractivity contribution in [3.8, 4) is 0 Å². The van der Waals surface area contributed by atoms with Gasteiger partial charge in [-0.3, -0.25) is 0 Å². The minimum absolute atomic E-state index is 0.403. The van der Waals surface area contributed by atoms with E-state index < -0.39 is 30.3 Å². The van der Waals surface area contributed by atoms with Crippen LogP contribution in [0.2, 0.25) is 0 Å². The predicted octanol–water partition coefficient (Wildman–Crippen LogP) is -2.02. The molecule has 1 aliphatic heterocycles. The van der Waals surface area contributed by atoms with Crippen molar-refractivity contribution in [1.82, 2.24) is 0 Å². The van der Waals surface area contributed by atoms with Crippen LogP contribution in [0.25, 0.3) is 0 Å². The molecule has 0 spiro atoms. The Balaban J connectivity index is 2.80. The summed E-state index contributed by atoms with van der Waals surface area (Å²) >= 11 is 0. The standard InChI is InChI=1S/C6H11NO4/c1-6(7)4(9)3(2-8)11-5(6)10/h3-4,8-9H,2,7H2,1H3/t3-,4-,6+/m0/s1. The highest BCUT2D eigenvalue weighted by atomic mass is 16.6. The van der Waals surface area contributed by atoms with Gasteiger partial charge in [-0.15, -0.1) is 0 Å². The van der Waals surface area contributed by atoms with Gasteiger partial charge in [0.1, 0.15) is 11.6 Å². The second-order valence-electron chi connectivity index (χ2n) is 2.85. The number of carbonyl (C=O) groups is 1. The van der Waals surface area contributed by atoms with Gasteiger partial charge in [0.05, 0.1) is 6.61 Å². The van der Waals surface area contributed by atoms with Crippen LogP contribution in [-0.2, 0) is 9.53 Å². The summed E-state index contributed by atoms with van der Waals surface area (Å²) < 4.78 is 4.57. The number of cyclic esters (lactones) is 1. The molecule has 1 aliphatic rings. The maximum atomic E-state index is 10.9. The third kappa shape index (κ3) is 1.11. The van der Waals surface area contributed by atoms with Crippen LogP contribution in [-0.4, -0.2) is 40.5 Å². The predicted molar refractivity (Wildman–Crippen MR) is 35.6 cm³/mol. The molecule has 0 aliphatic carbocycles. The van der Waals surface area contributed by atoms with Gasteiger partial charge in [-0.05, 0) is 6.92 Å². The normalized spacial score (nSPS) is 44.2. The van der Waals surface area contributed by atoms with Crippen LogP contribution >= 0.6 is 0 Å². The SMILES string of the molecule is C[C@]1(N)C(=O)O[C@@H](CO)[C@@H]1O. The van der Waals surface area contributed by atoms with E-state index in [0.717, 1.165) is 0 Å². The van der Waals surface area contributed by atoms with Crippen LogP contribution in [0.3, 0.4) is 0 Å². The lowest BCUT2D eigenvalue weighted by molar-refractivity contribution is -0.146. The first kappa shape index (κ1) is 8.45. The molecule has 1 fully saturated rings. The van der Waals surface area contributed by atoms with Gasteiger partial charge in [0, 0.05) is 0 Å². The summed E-state index contributed by atoms with van der Waals surface area (Å²) in [7, 11) is 0. The summed E-state index contributed by atoms with van der Waals surface area (Å²) in [5.74, 6) is -0.677. The number of rotatable bonds is 1. The van der Waals surface area contributed by atoms with E-state index in [2.05, 4.69) is 4.74 Å². The fraction of sp³-hybridized carbons (Fsp3) is 0.833. The number of aliphatic hydroxyl groups is 2. The van der Waals surface area contributed by atoms with Crippen molar-refractivity contribution < 1.29 is 19.7 Å². The molecule has 5 heteroatoms. The third-order valence-corrected chi connectivity index (χ3v) is 1.84. The summed E-state index contributed by atoms with van der Waals surface area (Å²) in [6.45, 7) is 0.968. The average molecular weight is 161 g/mol. The van der Waals surface area contributed by atoms with Crippen molar-refractivity contribution in [1.29, 1.82) is 0 Å². The largest absolute Gasteiger partial charge is 0.456 e. The van der Waals surface area contributed by atoms with Crippen LogP contribution in [0.1, 0.15) is 6.92 Å². The van der Waals surface area contributed by atoms with Crippen LogP contribution in [0.15, 0.2) is 0 Å². The van der Waals surface area contributed by atoms with E-state index in [4.69, 9.17) is 10.8 Å². The highest BCUT2D eigenvalue weighted by Crippen LogP contribution is 2.22. The van der Waals surface area contributed by atoms with Gasteiger partial charge in [0.2, 0.25) is 0 Å². The van der Waals surface area contributed by atoms with E-state index >= 15 is 0 Å². The Kier molecular flexibility index (Phi) is 1.87. The first-order valence-electron chi connectivity index (χ1n) is 3.29. The van der Waals surface area contributed by atoms with E-state index in [-0.39, 0.29) is 0 Å². The maximum Gasteiger partial charge on any atom is 0.329 e. The number of esters is 1. The molecule has 0 aromatic rings. The molecule has 1 saturated heterocycles. The molecule has 1 rings (SSSR count). The van der Waals surface area contributed by atoms with Crippen molar-refractivity contribution in [2.45, 2.75) is 24.7 Å². The van der Waals surface area contributed by atoms with Crippen LogP contribution < -0.4 is 5.73 Å². The zero-order valence-electron chi connectivity index (χ0n) is 6.15. The molecule has 4 N–H and O–H groups in total. The number of nitrogens with two attached hydrogens (primary N) is 1. The van der Waals surface area contributed by atoms with Crippen molar-refractivity contribution in [3.05, 3.63) is 0 Å². The molecular weight excluding hydrogens is 150 g/mol. The van der Waals surface area contributed by atoms with E-state index in [1.807, 2.05) is 0 Å². The van der Waals surface area contributed by atoms with E-state index in [9.17, 15) is 9.90 Å². The maximum absolute atomic E-state index is 10.9. The lowest BCUT2D eigenvalue weighted by atomic mass is 9.96. The summed E-state index contributed by atoms with van der Waals surface area (Å²) in [5, 5.41) is 17.8. The Hall–Kier alpha value is -0.650. The average Bonchev–Trinajstić information content (AvgIpc) is 2.14. The summed E-state index contributed by atoms with van der Waals surface area (Å²) in [4.78, 5) is 10.9. The molecule has 0 radical (unpaired) electrons. The monoisotopic (exact) mass is 161 g/mol. The van der Waals surface area contributed by atoms with Gasteiger partial charge in [0.25, 0.3) is 0 Å². The molecule has 0 aromatic carbocycles. The summed E-state index contributed by atoms with van der Waals surface area (Å²) in [5.41, 5.74) is 4.01. The van der Waals surface area contributed by atoms with Gasteiger partial charge in [-0.25, -0.2) is 4.79 Å². The summed E-state index contributed by atoms with van der Waals surface area (Å²) in [6, 6.07) is 0. The lowest BCUT2D eigenvalue weighted by Crippen LogP contribution is -2.51. The number of hydrogen-bond acceptors (Lipinski definition) is 5. The highest BCUT2D eigenvalue weighted by Gasteiger charge is 2.50. The fourth-order valence-corrected chi connectivity index (χ4v) is 0.973. The molecular formula is C6H11NO4. The van der Waals surface area contributed by atoms with E-state index in [1.165, 1.54) is 6.92 Å². The minimum atomic E-state index is -1.38. The Morgan fingerprint density at radius 3 is 2.55 bits per heavy atom. The van der Waals surface area contributed by atoms with Gasteiger partial charge >= 0.3 is 5.97 Å². The Morgan fingerprint density at radius 2 is 2.36 bits per heavy atom. The first-order chi connectivity index (χ1) is 5.00. The van der Waals surface area contributed by atoms with Gasteiger partial charge in [-0.2, -0.15) is 0 Å². The van der Waals surface area contributed by atoms with Gasteiger partial charge in [-0.1, -0.05) is 0 Å². The van der Waals surface area contributed by atoms with Gasteiger partial charge < -0.3 is 20.7 Å². The topological polar surface area (TPSA) is 92.8 Å². The third-order valence-electron chi connectivity index (χ3n) is 1.84. The summed E-state index contributed by atoms with van der Waals surface area (Å²) in [6.07, 6.45) is -2.00. The molecule has 11 heavy (non-hydrogen) atoms. The molecule has 0 amide bonds. The molecule has 64 valence electrons. The Labute approximate surface area is 63.8 Å². The first-order valence-corrected chi connectivity index (χ1v) is 3.29. The number of carbonyl (C=O) groups excluding carboxylic acids is 1. The second-order valence-corrected chi connectivity index (χ2v) is 2.85. The molecule has 0 bridgehead atoms. The quantitative estimate of drug-likeness (QED) is 0.386. The number of aliphatic hydroxyl groups excluding tert-OH is 2. The zero-order valence-corrected chi connectivity index (χ0v) is 6.15. The molecule has 1 heterocycles. The van der Waals surface area contributed by atoms with Crippen LogP contribution in [0.5, 0.6) is 0 Å². The second kappa shape index (κ2) is 2.44. The molecule has 0 aromatic heterocycles. The van der Waals surface area contributed by atoms with Gasteiger partial charge in [0.15, 0.2) is 6.10 Å². The van der Waals surface area contributed by atoms with Crippen molar-refractivity contribution >= 4 is 5.97 Å². The fourth-order valence-electron chi connectivity index (χ4n) is 0.973. The number of hydrogen-bond donors (Lipinski definition) is 3. The van der Waals surface area contributed by atoms with Crippen LogP contribution in [0, 0.1) is 0 Å². The molecule has 0 saturated carbocycles. The molecule has 5 nitrogen and oxygen atoms in total. The Morgan fingerprint density at radius 1 is 1.82 bits per heavy atom. The smallest absolute Gasteiger partial charge is 0.329 e. The van der Waals surface area contributed by atoms with Crippen LogP contribution in [0.4, 0.5) is 0 Å². The minimum Gasteiger partial charge on any atom is -0.456 e. The van der Waals surface area contributed by atoms with Crippen molar-refractivity contribution in [2.24, 2.45) is 5.73 Å². The Bertz CT molecular complexity index is 179. The van der Waals surface area contributed by atoms with Crippen molar-refractivity contribution in [3.63, 3.8) is 0 Å². The van der Waals surface area contributed by atoms with E-state index in [0.29, 0.717) is 0 Å². The van der Waals surface area contributed by atoms with E-state index in [1.54, 1.807) is 0 Å². The molecule has 3 atom stereocenters.